The molecular weight excluding hydrogens is 355 g/mol. The summed E-state index contributed by atoms with van der Waals surface area (Å²) in [5, 5.41) is 1.85. The van der Waals surface area contributed by atoms with Gasteiger partial charge >= 0.3 is 0 Å². The zero-order chi connectivity index (χ0) is 18.8. The fourth-order valence-electron chi connectivity index (χ4n) is 6.14. The Morgan fingerprint density at radius 2 is 1.18 bits per heavy atom. The van der Waals surface area contributed by atoms with Gasteiger partial charge in [-0.1, -0.05) is 67.4 Å². The van der Waals surface area contributed by atoms with Crippen LogP contribution >= 0.6 is 7.92 Å². The summed E-state index contributed by atoms with van der Waals surface area (Å²) < 4.78 is 0. The van der Waals surface area contributed by atoms with Crippen LogP contribution in [0.25, 0.3) is 10.9 Å². The Balaban J connectivity index is 1.64. The van der Waals surface area contributed by atoms with E-state index in [9.17, 15) is 0 Å². The van der Waals surface area contributed by atoms with E-state index in [-0.39, 0.29) is 0 Å². The van der Waals surface area contributed by atoms with Crippen molar-refractivity contribution in [2.45, 2.75) is 81.9 Å². The van der Waals surface area contributed by atoms with E-state index in [0.29, 0.717) is 0 Å². The lowest BCUT2D eigenvalue weighted by molar-refractivity contribution is 0.487. The summed E-state index contributed by atoms with van der Waals surface area (Å²) in [5.41, 5.74) is 8.40. The van der Waals surface area contributed by atoms with E-state index < -0.39 is 7.92 Å². The Bertz CT molecular complexity index is 804. The molecule has 1 heteroatoms. The Morgan fingerprint density at radius 1 is 0.607 bits per heavy atom. The second-order valence-corrected chi connectivity index (χ2v) is 12.2. The van der Waals surface area contributed by atoms with Gasteiger partial charge in [-0.25, -0.2) is 0 Å². The summed E-state index contributed by atoms with van der Waals surface area (Å²) in [5.74, 6) is 0. The van der Waals surface area contributed by atoms with Crippen molar-refractivity contribution >= 4 is 18.8 Å². The third kappa shape index (κ3) is 3.61. The van der Waals surface area contributed by atoms with Crippen molar-refractivity contribution in [3.63, 3.8) is 0 Å². The zero-order valence-electron chi connectivity index (χ0n) is 17.1. The molecule has 0 amide bonds. The quantitative estimate of drug-likeness (QED) is 0.465. The van der Waals surface area contributed by atoms with Crippen molar-refractivity contribution in [1.82, 2.24) is 0 Å². The molecule has 2 fully saturated rings. The van der Waals surface area contributed by atoms with Crippen LogP contribution < -0.4 is 0 Å². The number of hydrogen-bond donors (Lipinski definition) is 0. The van der Waals surface area contributed by atoms with Gasteiger partial charge in [0.25, 0.3) is 0 Å². The lowest BCUT2D eigenvalue weighted by Gasteiger charge is -2.33. The van der Waals surface area contributed by atoms with Gasteiger partial charge in [-0.3, -0.25) is 0 Å². The molecule has 0 aliphatic heterocycles. The van der Waals surface area contributed by atoms with Crippen molar-refractivity contribution in [3.05, 3.63) is 71.3 Å². The highest BCUT2D eigenvalue weighted by Gasteiger charge is 2.44. The maximum absolute atomic E-state index is 2.46. The Kier molecular flexibility index (Phi) is 5.68. The number of rotatable bonds is 4. The molecule has 3 aliphatic rings. The van der Waals surface area contributed by atoms with Crippen LogP contribution in [0.1, 0.15) is 80.9 Å². The highest BCUT2D eigenvalue weighted by molar-refractivity contribution is 7.70. The van der Waals surface area contributed by atoms with Crippen LogP contribution in [0.5, 0.6) is 0 Å². The molecule has 0 atom stereocenters. The van der Waals surface area contributed by atoms with E-state index in [2.05, 4.69) is 54.6 Å². The first-order valence-electron chi connectivity index (χ1n) is 11.7. The fourth-order valence-corrected chi connectivity index (χ4v) is 10.8. The Hall–Kier alpha value is -1.39. The van der Waals surface area contributed by atoms with Crippen LogP contribution in [0.15, 0.2) is 54.6 Å². The van der Waals surface area contributed by atoms with Gasteiger partial charge in [0.15, 0.2) is 0 Å². The van der Waals surface area contributed by atoms with Crippen LogP contribution in [0.2, 0.25) is 0 Å². The fraction of sp³-hybridized carbons (Fsp3) is 0.481. The molecule has 28 heavy (non-hydrogen) atoms. The molecule has 2 aromatic carbocycles. The first kappa shape index (κ1) is 18.6. The number of benzene rings is 2. The zero-order valence-corrected chi connectivity index (χ0v) is 18.1. The standard InChI is InChI=1S/C27H33P/c1-4-12-21(13-5-1)26-20-22-14-10-11-19-25(22)27(26)28(23-15-6-2-7-16-23)24-17-8-3-9-18-24/h1,4-5,10-14,19,23-24H,2-3,6-9,15-18,20H2/p+1. The molecule has 0 N–H and O–H groups in total. The topological polar surface area (TPSA) is 0 Å². The molecule has 0 heterocycles. The molecule has 146 valence electrons. The van der Waals surface area contributed by atoms with Crippen molar-refractivity contribution in [2.24, 2.45) is 0 Å². The maximum atomic E-state index is 2.46. The van der Waals surface area contributed by atoms with E-state index in [1.54, 1.807) is 16.7 Å². The van der Waals surface area contributed by atoms with E-state index in [1.165, 1.54) is 69.8 Å². The van der Waals surface area contributed by atoms with Gasteiger partial charge in [0, 0.05) is 25.5 Å². The summed E-state index contributed by atoms with van der Waals surface area (Å²) in [6, 6.07) is 20.7. The SMILES string of the molecule is c1ccc(C2=C([PH+](C3CCCCC3)C3CCCCC3)c3ccccc3C2)cc1. The number of hydrogen-bond acceptors (Lipinski definition) is 0. The molecule has 0 spiro atoms. The van der Waals surface area contributed by atoms with Crippen molar-refractivity contribution < 1.29 is 0 Å². The Labute approximate surface area is 172 Å². The van der Waals surface area contributed by atoms with Crippen LogP contribution in [0.4, 0.5) is 0 Å². The minimum atomic E-state index is -0.551. The molecular formula is C27H34P+. The van der Waals surface area contributed by atoms with Gasteiger partial charge in [0.2, 0.25) is 0 Å². The molecule has 0 radical (unpaired) electrons. The Morgan fingerprint density at radius 3 is 1.82 bits per heavy atom. The van der Waals surface area contributed by atoms with Crippen molar-refractivity contribution in [1.29, 1.82) is 0 Å². The molecule has 0 bridgehead atoms. The first-order valence-corrected chi connectivity index (χ1v) is 13.3. The summed E-state index contributed by atoms with van der Waals surface area (Å²) in [4.78, 5) is 0. The minimum Gasteiger partial charge on any atom is -0.0622 e. The van der Waals surface area contributed by atoms with Crippen molar-refractivity contribution in [2.75, 3.05) is 0 Å². The van der Waals surface area contributed by atoms with Gasteiger partial charge in [-0.2, -0.15) is 0 Å². The van der Waals surface area contributed by atoms with E-state index >= 15 is 0 Å². The van der Waals surface area contributed by atoms with Crippen molar-refractivity contribution in [3.8, 4) is 0 Å². The number of allylic oxidation sites excluding steroid dienone is 1. The van der Waals surface area contributed by atoms with Crippen LogP contribution in [0, 0.1) is 0 Å². The van der Waals surface area contributed by atoms with Crippen LogP contribution in [0.3, 0.4) is 0 Å². The van der Waals surface area contributed by atoms with E-state index in [4.69, 9.17) is 0 Å². The minimum absolute atomic E-state index is 0.551. The van der Waals surface area contributed by atoms with Gasteiger partial charge in [-0.15, -0.1) is 0 Å². The predicted molar refractivity (Wildman–Crippen MR) is 125 cm³/mol. The summed E-state index contributed by atoms with van der Waals surface area (Å²) in [6.45, 7) is 0. The highest BCUT2D eigenvalue weighted by Crippen LogP contribution is 2.67. The highest BCUT2D eigenvalue weighted by atomic mass is 31.1. The lowest BCUT2D eigenvalue weighted by Crippen LogP contribution is -2.21. The monoisotopic (exact) mass is 389 g/mol. The normalized spacial score (nSPS) is 21.3. The van der Waals surface area contributed by atoms with E-state index in [0.717, 1.165) is 17.7 Å². The van der Waals surface area contributed by atoms with Crippen LogP contribution in [-0.4, -0.2) is 11.3 Å². The second kappa shape index (κ2) is 8.54. The van der Waals surface area contributed by atoms with Gasteiger partial charge in [0.05, 0.1) is 11.3 Å². The molecule has 0 aromatic heterocycles. The first-order chi connectivity index (χ1) is 13.9. The molecule has 0 unspecified atom stereocenters. The summed E-state index contributed by atoms with van der Waals surface area (Å²) in [7, 11) is -0.551. The average Bonchev–Trinajstić information content (AvgIpc) is 3.16. The molecule has 5 rings (SSSR count). The smallest absolute Gasteiger partial charge is 0.0622 e. The second-order valence-electron chi connectivity index (χ2n) is 9.18. The third-order valence-corrected chi connectivity index (χ3v) is 11.5. The summed E-state index contributed by atoms with van der Waals surface area (Å²) in [6.07, 6.45) is 16.0. The largest absolute Gasteiger partial charge is 0.104 e. The molecule has 2 saturated carbocycles. The van der Waals surface area contributed by atoms with Crippen LogP contribution in [-0.2, 0) is 6.42 Å². The molecule has 0 saturated heterocycles. The number of fused-ring (bicyclic) bond motifs is 1. The van der Waals surface area contributed by atoms with E-state index in [1.807, 2.05) is 5.31 Å². The maximum Gasteiger partial charge on any atom is 0.104 e. The summed E-state index contributed by atoms with van der Waals surface area (Å²) >= 11 is 0. The molecule has 3 aliphatic carbocycles. The lowest BCUT2D eigenvalue weighted by atomic mass is 9.99. The molecule has 2 aromatic rings. The third-order valence-electron chi connectivity index (χ3n) is 7.46. The van der Waals surface area contributed by atoms with Gasteiger partial charge < -0.3 is 0 Å². The molecule has 0 nitrogen and oxygen atoms in total. The van der Waals surface area contributed by atoms with Gasteiger partial charge in [-0.05, 0) is 62.5 Å². The average molecular weight is 390 g/mol. The predicted octanol–water partition coefficient (Wildman–Crippen LogP) is 7.99. The van der Waals surface area contributed by atoms with Gasteiger partial charge in [0.1, 0.15) is 5.31 Å².